The molecule has 0 spiro atoms. The van der Waals surface area contributed by atoms with Gasteiger partial charge in [-0.15, -0.1) is 0 Å². The van der Waals surface area contributed by atoms with E-state index >= 15 is 0 Å². The summed E-state index contributed by atoms with van der Waals surface area (Å²) in [6.07, 6.45) is 1.56. The number of alkyl carbamates (subject to hydrolysis) is 1. The van der Waals surface area contributed by atoms with Gasteiger partial charge >= 0.3 is 18.0 Å². The maximum absolute atomic E-state index is 12.8. The number of fused-ring (bicyclic) bond motifs is 3. The molecular formula is C30H38N2O7. The molecule has 0 aliphatic heterocycles. The molecule has 2 aromatic rings. The highest BCUT2D eigenvalue weighted by Gasteiger charge is 2.30. The smallest absolute Gasteiger partial charge is 0.407 e. The molecule has 0 saturated heterocycles. The van der Waals surface area contributed by atoms with E-state index in [-0.39, 0.29) is 44.6 Å². The van der Waals surface area contributed by atoms with Crippen LogP contribution in [0, 0.1) is 0 Å². The van der Waals surface area contributed by atoms with Gasteiger partial charge in [0.05, 0.1) is 13.2 Å². The topological polar surface area (TPSA) is 111 Å². The molecule has 0 heterocycles. The zero-order valence-electron chi connectivity index (χ0n) is 22.9. The van der Waals surface area contributed by atoms with Crippen LogP contribution in [0.5, 0.6) is 0 Å². The van der Waals surface area contributed by atoms with Gasteiger partial charge in [0.15, 0.2) is 0 Å². The zero-order chi connectivity index (χ0) is 28.2. The third-order valence-electron chi connectivity index (χ3n) is 6.70. The standard InChI is InChI=1S/C30H38N2O7/c1-4-37-28(34)19-32(21(3)29(35)38-5-2)27(33)17-7-6-12-18-31-30(36)39-20-26-24-15-10-8-13-22(24)23-14-9-11-16-25(23)26/h8-11,13-16,21,26H,4-7,12,17-20H2,1-3H3,(H,31,36). The first-order valence-corrected chi connectivity index (χ1v) is 13.6. The van der Waals surface area contributed by atoms with Crippen LogP contribution in [0.25, 0.3) is 11.1 Å². The van der Waals surface area contributed by atoms with Crippen molar-refractivity contribution >= 4 is 23.9 Å². The Labute approximate surface area is 229 Å². The van der Waals surface area contributed by atoms with Crippen LogP contribution in [0.2, 0.25) is 0 Å². The van der Waals surface area contributed by atoms with Crippen molar-refractivity contribution in [2.45, 2.75) is 58.4 Å². The summed E-state index contributed by atoms with van der Waals surface area (Å²) in [4.78, 5) is 50.4. The highest BCUT2D eigenvalue weighted by molar-refractivity contribution is 5.87. The first-order valence-electron chi connectivity index (χ1n) is 13.6. The minimum atomic E-state index is -0.892. The normalized spacial score (nSPS) is 12.6. The van der Waals surface area contributed by atoms with E-state index in [1.807, 2.05) is 24.3 Å². The lowest BCUT2D eigenvalue weighted by atomic mass is 9.98. The van der Waals surface area contributed by atoms with Gasteiger partial charge < -0.3 is 24.4 Å². The van der Waals surface area contributed by atoms with Crippen LogP contribution in [0.3, 0.4) is 0 Å². The van der Waals surface area contributed by atoms with E-state index in [1.165, 1.54) is 23.0 Å². The van der Waals surface area contributed by atoms with Gasteiger partial charge in [-0.3, -0.25) is 9.59 Å². The number of unbranched alkanes of at least 4 members (excludes halogenated alkanes) is 2. The maximum atomic E-state index is 12.8. The zero-order valence-corrected chi connectivity index (χ0v) is 22.9. The predicted molar refractivity (Wildman–Crippen MR) is 146 cm³/mol. The number of hydrogen-bond acceptors (Lipinski definition) is 7. The highest BCUT2D eigenvalue weighted by Crippen LogP contribution is 2.44. The van der Waals surface area contributed by atoms with E-state index in [9.17, 15) is 19.2 Å². The number of esters is 2. The fourth-order valence-electron chi connectivity index (χ4n) is 4.74. The molecule has 0 saturated carbocycles. The summed E-state index contributed by atoms with van der Waals surface area (Å²) >= 11 is 0. The van der Waals surface area contributed by atoms with E-state index in [1.54, 1.807) is 13.8 Å². The monoisotopic (exact) mass is 538 g/mol. The molecule has 0 fully saturated rings. The summed E-state index contributed by atoms with van der Waals surface area (Å²) in [5.74, 6) is -1.46. The van der Waals surface area contributed by atoms with E-state index in [4.69, 9.17) is 14.2 Å². The average Bonchev–Trinajstić information content (AvgIpc) is 3.25. The molecule has 39 heavy (non-hydrogen) atoms. The van der Waals surface area contributed by atoms with Gasteiger partial charge in [-0.2, -0.15) is 0 Å². The maximum Gasteiger partial charge on any atom is 0.407 e. The second kappa shape index (κ2) is 14.9. The Balaban J connectivity index is 1.39. The molecule has 9 heteroatoms. The number of ether oxygens (including phenoxy) is 3. The van der Waals surface area contributed by atoms with Crippen LogP contribution < -0.4 is 5.32 Å². The number of hydrogen-bond donors (Lipinski definition) is 1. The van der Waals surface area contributed by atoms with Crippen molar-refractivity contribution in [3.8, 4) is 11.1 Å². The van der Waals surface area contributed by atoms with Crippen LogP contribution in [0.1, 0.15) is 63.5 Å². The molecule has 1 atom stereocenters. The Morgan fingerprint density at radius 1 is 0.846 bits per heavy atom. The molecule has 2 amide bonds. The third kappa shape index (κ3) is 8.05. The quantitative estimate of drug-likeness (QED) is 0.215. The van der Waals surface area contributed by atoms with Crippen molar-refractivity contribution < 1.29 is 33.4 Å². The lowest BCUT2D eigenvalue weighted by Gasteiger charge is -2.27. The van der Waals surface area contributed by atoms with Gasteiger partial charge in [-0.25, -0.2) is 9.59 Å². The van der Waals surface area contributed by atoms with Gasteiger partial charge in [0, 0.05) is 18.9 Å². The van der Waals surface area contributed by atoms with Gasteiger partial charge in [-0.1, -0.05) is 55.0 Å². The Bertz CT molecular complexity index is 1100. The molecule has 9 nitrogen and oxygen atoms in total. The van der Waals surface area contributed by atoms with Crippen molar-refractivity contribution in [3.63, 3.8) is 0 Å². The van der Waals surface area contributed by atoms with Crippen LogP contribution in [-0.2, 0) is 28.6 Å². The van der Waals surface area contributed by atoms with Gasteiger partial charge in [-0.05, 0) is 55.9 Å². The summed E-state index contributed by atoms with van der Waals surface area (Å²) in [5.41, 5.74) is 4.67. The first-order chi connectivity index (χ1) is 18.9. The first kappa shape index (κ1) is 29.7. The summed E-state index contributed by atoms with van der Waals surface area (Å²) in [6, 6.07) is 15.5. The van der Waals surface area contributed by atoms with E-state index in [2.05, 4.69) is 29.6 Å². The second-order valence-corrected chi connectivity index (χ2v) is 9.32. The fourth-order valence-corrected chi connectivity index (χ4v) is 4.74. The molecule has 3 rings (SSSR count). The van der Waals surface area contributed by atoms with Crippen LogP contribution in [0.15, 0.2) is 48.5 Å². The number of amides is 2. The van der Waals surface area contributed by atoms with Gasteiger partial charge in [0.1, 0.15) is 19.2 Å². The SMILES string of the molecule is CCOC(=O)CN(C(=O)CCCCCNC(=O)OCC1c2ccccc2-c2ccccc21)C(C)C(=O)OCC. The van der Waals surface area contributed by atoms with Gasteiger partial charge in [0.2, 0.25) is 5.91 Å². The molecule has 0 bridgehead atoms. The molecule has 1 N–H and O–H groups in total. The fraction of sp³-hybridized carbons (Fsp3) is 0.467. The lowest BCUT2D eigenvalue weighted by Crippen LogP contribution is -2.47. The molecule has 1 unspecified atom stereocenters. The molecule has 2 aromatic carbocycles. The molecule has 1 aliphatic rings. The van der Waals surface area contributed by atoms with Crippen molar-refractivity contribution in [1.82, 2.24) is 10.2 Å². The highest BCUT2D eigenvalue weighted by atomic mass is 16.6. The number of carbonyl (C=O) groups excluding carboxylic acids is 4. The summed E-state index contributed by atoms with van der Waals surface area (Å²) < 4.78 is 15.5. The van der Waals surface area contributed by atoms with E-state index in [0.29, 0.717) is 25.8 Å². The number of benzene rings is 2. The minimum absolute atomic E-state index is 0.00344. The summed E-state index contributed by atoms with van der Waals surface area (Å²) in [6.45, 7) is 5.62. The lowest BCUT2D eigenvalue weighted by molar-refractivity contribution is -0.158. The number of nitrogens with one attached hydrogen (secondary N) is 1. The van der Waals surface area contributed by atoms with Crippen LogP contribution >= 0.6 is 0 Å². The Morgan fingerprint density at radius 3 is 2.08 bits per heavy atom. The van der Waals surface area contributed by atoms with E-state index < -0.39 is 24.1 Å². The molecule has 0 radical (unpaired) electrons. The Hall–Kier alpha value is -3.88. The largest absolute Gasteiger partial charge is 0.465 e. The molecule has 0 aromatic heterocycles. The average molecular weight is 539 g/mol. The molecule has 210 valence electrons. The van der Waals surface area contributed by atoms with Crippen molar-refractivity contribution in [3.05, 3.63) is 59.7 Å². The third-order valence-corrected chi connectivity index (χ3v) is 6.70. The number of carbonyl (C=O) groups is 4. The summed E-state index contributed by atoms with van der Waals surface area (Å²) in [5, 5.41) is 2.77. The number of rotatable bonds is 14. The van der Waals surface area contributed by atoms with Crippen molar-refractivity contribution in [2.24, 2.45) is 0 Å². The number of nitrogens with zero attached hydrogens (tertiary/aromatic N) is 1. The van der Waals surface area contributed by atoms with Crippen molar-refractivity contribution in [2.75, 3.05) is 32.9 Å². The van der Waals surface area contributed by atoms with E-state index in [0.717, 1.165) is 11.1 Å². The molecule has 1 aliphatic carbocycles. The second-order valence-electron chi connectivity index (χ2n) is 9.32. The van der Waals surface area contributed by atoms with Crippen LogP contribution in [0.4, 0.5) is 4.79 Å². The predicted octanol–water partition coefficient (Wildman–Crippen LogP) is 4.43. The van der Waals surface area contributed by atoms with Crippen LogP contribution in [-0.4, -0.2) is 67.8 Å². The molecular weight excluding hydrogens is 500 g/mol. The van der Waals surface area contributed by atoms with Gasteiger partial charge in [0.25, 0.3) is 0 Å². The summed E-state index contributed by atoms with van der Waals surface area (Å²) in [7, 11) is 0. The van der Waals surface area contributed by atoms with Crippen molar-refractivity contribution in [1.29, 1.82) is 0 Å². The minimum Gasteiger partial charge on any atom is -0.465 e. The Morgan fingerprint density at radius 2 is 1.46 bits per heavy atom. The Kier molecular flexibility index (Phi) is 11.3.